The molecule has 2 aliphatic rings. The fourth-order valence-corrected chi connectivity index (χ4v) is 3.53. The molecule has 1 aromatic rings. The number of hydrogen-bond donors (Lipinski definition) is 1. The zero-order valence-corrected chi connectivity index (χ0v) is 13.1. The van der Waals surface area contributed by atoms with Gasteiger partial charge in [0.1, 0.15) is 5.60 Å². The van der Waals surface area contributed by atoms with Gasteiger partial charge in [0.2, 0.25) is 11.7 Å². The quantitative estimate of drug-likeness (QED) is 0.914. The van der Waals surface area contributed by atoms with Crippen LogP contribution in [-0.2, 0) is 20.5 Å². The van der Waals surface area contributed by atoms with E-state index in [1.165, 1.54) is 6.42 Å². The van der Waals surface area contributed by atoms with Gasteiger partial charge in [0.05, 0.1) is 18.6 Å². The van der Waals surface area contributed by atoms with E-state index >= 15 is 0 Å². The van der Waals surface area contributed by atoms with Crippen LogP contribution in [0.25, 0.3) is 0 Å². The zero-order chi connectivity index (χ0) is 15.1. The lowest BCUT2D eigenvalue weighted by Gasteiger charge is -2.36. The minimum atomic E-state index is -0.417. The Morgan fingerprint density at radius 1 is 1.43 bits per heavy atom. The van der Waals surface area contributed by atoms with Crippen LogP contribution in [0.5, 0.6) is 0 Å². The molecule has 1 aliphatic heterocycles. The molecule has 2 N–H and O–H groups in total. The summed E-state index contributed by atoms with van der Waals surface area (Å²) < 4.78 is 16.8. The van der Waals surface area contributed by atoms with Gasteiger partial charge >= 0.3 is 0 Å². The lowest BCUT2D eigenvalue weighted by Crippen LogP contribution is -2.42. The molecule has 3 rings (SSSR count). The first-order chi connectivity index (χ1) is 10.00. The topological polar surface area (TPSA) is 83.4 Å². The monoisotopic (exact) mass is 295 g/mol. The molecular weight excluding hydrogens is 270 g/mol. The van der Waals surface area contributed by atoms with E-state index in [1.807, 2.05) is 6.92 Å². The second kappa shape index (κ2) is 5.34. The van der Waals surface area contributed by atoms with E-state index < -0.39 is 11.0 Å². The van der Waals surface area contributed by atoms with Crippen LogP contribution in [0, 0.1) is 5.92 Å². The number of ether oxygens (including phenoxy) is 2. The molecule has 0 radical (unpaired) electrons. The Balaban J connectivity index is 1.90. The van der Waals surface area contributed by atoms with Gasteiger partial charge < -0.3 is 19.7 Å². The number of hydrogen-bond acceptors (Lipinski definition) is 6. The van der Waals surface area contributed by atoms with Crippen molar-refractivity contribution in [3.8, 4) is 0 Å². The maximum absolute atomic E-state index is 6.14. The molecule has 6 nitrogen and oxygen atoms in total. The number of nitrogens with zero attached hydrogens (tertiary/aromatic N) is 2. The highest BCUT2D eigenvalue weighted by molar-refractivity contribution is 5.14. The minimum absolute atomic E-state index is 0.116. The predicted octanol–water partition coefficient (Wildman–Crippen LogP) is 1.74. The highest BCUT2D eigenvalue weighted by Gasteiger charge is 2.47. The molecule has 1 saturated heterocycles. The van der Waals surface area contributed by atoms with E-state index in [-0.39, 0.29) is 6.04 Å². The van der Waals surface area contributed by atoms with Crippen LogP contribution < -0.4 is 5.73 Å². The molecule has 1 aliphatic carbocycles. The molecule has 0 spiro atoms. The lowest BCUT2D eigenvalue weighted by molar-refractivity contribution is -0.0658. The average molecular weight is 295 g/mol. The second-order valence-corrected chi connectivity index (χ2v) is 6.86. The summed E-state index contributed by atoms with van der Waals surface area (Å²) in [6.45, 7) is 5.31. The lowest BCUT2D eigenvalue weighted by atomic mass is 9.78. The van der Waals surface area contributed by atoms with Crippen molar-refractivity contribution in [1.29, 1.82) is 0 Å². The average Bonchev–Trinajstić information content (AvgIpc) is 3.08. The second-order valence-electron chi connectivity index (χ2n) is 6.86. The van der Waals surface area contributed by atoms with Crippen LogP contribution in [0.3, 0.4) is 0 Å². The Morgan fingerprint density at radius 3 is 2.86 bits per heavy atom. The molecule has 2 fully saturated rings. The molecule has 2 heterocycles. The standard InChI is InChI=1S/C15H25N3O3/c1-10-5-4-6-15(7-10,19-3)12-17-13(21-18-12)14(2)9-20-8-11(14)16/h10-11H,4-9,16H2,1-3H3. The van der Waals surface area contributed by atoms with Gasteiger partial charge in [-0.3, -0.25) is 0 Å². The van der Waals surface area contributed by atoms with Gasteiger partial charge in [0.25, 0.3) is 0 Å². The van der Waals surface area contributed by atoms with Crippen LogP contribution >= 0.6 is 0 Å². The first-order valence-electron chi connectivity index (χ1n) is 7.73. The summed E-state index contributed by atoms with van der Waals surface area (Å²) in [6, 6.07) is -0.116. The predicted molar refractivity (Wildman–Crippen MR) is 76.8 cm³/mol. The van der Waals surface area contributed by atoms with E-state index in [2.05, 4.69) is 17.1 Å². The Bertz CT molecular complexity index is 506. The largest absolute Gasteiger partial charge is 0.379 e. The molecule has 0 bridgehead atoms. The molecule has 1 aromatic heterocycles. The number of methoxy groups -OCH3 is 1. The Kier molecular flexibility index (Phi) is 3.80. The molecule has 0 amide bonds. The third-order valence-corrected chi connectivity index (χ3v) is 5.19. The van der Waals surface area contributed by atoms with E-state index in [1.54, 1.807) is 7.11 Å². The number of aromatic nitrogens is 2. The van der Waals surface area contributed by atoms with Crippen molar-refractivity contribution < 1.29 is 14.0 Å². The van der Waals surface area contributed by atoms with Gasteiger partial charge in [-0.05, 0) is 32.1 Å². The van der Waals surface area contributed by atoms with E-state index in [4.69, 9.17) is 19.7 Å². The van der Waals surface area contributed by atoms with Gasteiger partial charge in [-0.25, -0.2) is 0 Å². The summed E-state index contributed by atoms with van der Waals surface area (Å²) in [4.78, 5) is 4.65. The Morgan fingerprint density at radius 2 is 2.24 bits per heavy atom. The highest BCUT2D eigenvalue weighted by Crippen LogP contribution is 2.42. The fraction of sp³-hybridized carbons (Fsp3) is 0.867. The summed E-state index contributed by atoms with van der Waals surface area (Å²) >= 11 is 0. The van der Waals surface area contributed by atoms with Crippen molar-refractivity contribution >= 4 is 0 Å². The van der Waals surface area contributed by atoms with E-state index in [0.717, 1.165) is 19.3 Å². The van der Waals surface area contributed by atoms with Crippen molar-refractivity contribution in [3.63, 3.8) is 0 Å². The number of nitrogens with two attached hydrogens (primary N) is 1. The van der Waals surface area contributed by atoms with Gasteiger partial charge in [0, 0.05) is 13.2 Å². The molecule has 6 heteroatoms. The van der Waals surface area contributed by atoms with Crippen LogP contribution in [0.2, 0.25) is 0 Å². The molecule has 4 atom stereocenters. The molecule has 118 valence electrons. The van der Waals surface area contributed by atoms with E-state index in [0.29, 0.717) is 30.8 Å². The molecule has 0 aromatic carbocycles. The summed E-state index contributed by atoms with van der Waals surface area (Å²) in [5.41, 5.74) is 5.32. The first kappa shape index (κ1) is 14.9. The highest BCUT2D eigenvalue weighted by atomic mass is 16.5. The van der Waals surface area contributed by atoms with Gasteiger partial charge in [-0.15, -0.1) is 0 Å². The SMILES string of the molecule is COC1(c2noc(C3(C)COCC3N)n2)CCCC(C)C1. The zero-order valence-electron chi connectivity index (χ0n) is 13.1. The van der Waals surface area contributed by atoms with Gasteiger partial charge in [-0.2, -0.15) is 4.98 Å². The van der Waals surface area contributed by atoms with Crippen molar-refractivity contribution in [2.75, 3.05) is 20.3 Å². The van der Waals surface area contributed by atoms with E-state index in [9.17, 15) is 0 Å². The van der Waals surface area contributed by atoms with Crippen LogP contribution in [-0.4, -0.2) is 36.5 Å². The third kappa shape index (κ3) is 2.39. The Hall–Kier alpha value is -0.980. The van der Waals surface area contributed by atoms with Crippen molar-refractivity contribution in [2.45, 2.75) is 56.6 Å². The molecule has 21 heavy (non-hydrogen) atoms. The molecule has 4 unspecified atom stereocenters. The van der Waals surface area contributed by atoms with Crippen LogP contribution in [0.1, 0.15) is 51.2 Å². The van der Waals surface area contributed by atoms with Crippen molar-refractivity contribution in [3.05, 3.63) is 11.7 Å². The fourth-order valence-electron chi connectivity index (χ4n) is 3.53. The molecule has 1 saturated carbocycles. The third-order valence-electron chi connectivity index (χ3n) is 5.19. The molecular formula is C15H25N3O3. The normalized spacial score (nSPS) is 40.6. The minimum Gasteiger partial charge on any atom is -0.379 e. The smallest absolute Gasteiger partial charge is 0.236 e. The summed E-state index contributed by atoms with van der Waals surface area (Å²) in [5, 5.41) is 4.22. The summed E-state index contributed by atoms with van der Waals surface area (Å²) in [5.74, 6) is 1.83. The maximum atomic E-state index is 6.14. The summed E-state index contributed by atoms with van der Waals surface area (Å²) in [7, 11) is 1.74. The first-order valence-corrected chi connectivity index (χ1v) is 7.73. The Labute approximate surface area is 125 Å². The van der Waals surface area contributed by atoms with Crippen LogP contribution in [0.4, 0.5) is 0 Å². The van der Waals surface area contributed by atoms with Crippen molar-refractivity contribution in [2.24, 2.45) is 11.7 Å². The maximum Gasteiger partial charge on any atom is 0.236 e. The van der Waals surface area contributed by atoms with Gasteiger partial charge in [0.15, 0.2) is 0 Å². The van der Waals surface area contributed by atoms with Gasteiger partial charge in [-0.1, -0.05) is 18.5 Å². The van der Waals surface area contributed by atoms with Crippen molar-refractivity contribution in [1.82, 2.24) is 10.1 Å². The summed E-state index contributed by atoms with van der Waals surface area (Å²) in [6.07, 6.45) is 4.22. The number of rotatable bonds is 3. The van der Waals surface area contributed by atoms with Crippen LogP contribution in [0.15, 0.2) is 4.52 Å².